The number of nitrogens with one attached hydrogen (secondary N) is 3. The topological polar surface area (TPSA) is 90.5 Å². The molecule has 0 bridgehead atoms. The average Bonchev–Trinajstić information content (AvgIpc) is 3.29. The zero-order chi connectivity index (χ0) is 23.1. The summed E-state index contributed by atoms with van der Waals surface area (Å²) in [5.74, 6) is 1.81. The number of hydrogen-bond acceptors (Lipinski definition) is 4. The summed E-state index contributed by atoms with van der Waals surface area (Å²) in [5.41, 5.74) is 2.44. The number of likely N-dealkylation sites (N-methyl/N-ethyl adjacent to an activating group) is 1. The molecular formula is C25H35ClN4O3. The average molecular weight is 475 g/mol. The number of carbonyl (C=O) groups excluding carboxylic acids is 3. The molecule has 1 aromatic rings. The van der Waals surface area contributed by atoms with E-state index >= 15 is 0 Å². The molecule has 1 saturated heterocycles. The Kier molecular flexibility index (Phi) is 10.2. The molecule has 0 radical (unpaired) electrons. The number of halogens is 1. The first-order chi connectivity index (χ1) is 15.5. The molecule has 7 nitrogen and oxygen atoms in total. The zero-order valence-corrected chi connectivity index (χ0v) is 20.2. The van der Waals surface area contributed by atoms with Gasteiger partial charge in [0.25, 0.3) is 0 Å². The molecule has 0 aromatic heterocycles. The van der Waals surface area contributed by atoms with E-state index in [4.69, 9.17) is 6.42 Å². The van der Waals surface area contributed by atoms with E-state index < -0.39 is 18.1 Å². The van der Waals surface area contributed by atoms with E-state index in [1.165, 1.54) is 5.56 Å². The number of amides is 3. The smallest absolute Gasteiger partial charge is 0.246 e. The van der Waals surface area contributed by atoms with Gasteiger partial charge in [-0.2, -0.15) is 0 Å². The van der Waals surface area contributed by atoms with Crippen LogP contribution in [0.5, 0.6) is 0 Å². The van der Waals surface area contributed by atoms with Crippen LogP contribution in [0.2, 0.25) is 0 Å². The van der Waals surface area contributed by atoms with E-state index in [1.54, 1.807) is 11.9 Å². The number of fused-ring (bicyclic) bond motifs is 1. The van der Waals surface area contributed by atoms with Gasteiger partial charge in [-0.1, -0.05) is 31.2 Å². The quantitative estimate of drug-likeness (QED) is 0.503. The molecule has 1 heterocycles. The summed E-state index contributed by atoms with van der Waals surface area (Å²) >= 11 is 0. The molecule has 8 heteroatoms. The van der Waals surface area contributed by atoms with Gasteiger partial charge in [0, 0.05) is 13.0 Å². The van der Waals surface area contributed by atoms with Crippen molar-refractivity contribution in [3.63, 3.8) is 0 Å². The predicted molar refractivity (Wildman–Crippen MR) is 131 cm³/mol. The second-order valence-electron chi connectivity index (χ2n) is 8.56. The maximum Gasteiger partial charge on any atom is 0.246 e. The fraction of sp³-hybridized carbons (Fsp3) is 0.560. The zero-order valence-electron chi connectivity index (χ0n) is 19.4. The number of nitrogens with zero attached hydrogens (tertiary/aromatic N) is 1. The molecule has 180 valence electrons. The lowest BCUT2D eigenvalue weighted by molar-refractivity contribution is -0.141. The molecule has 3 amide bonds. The summed E-state index contributed by atoms with van der Waals surface area (Å²) in [4.78, 5) is 40.6. The molecule has 1 aromatic carbocycles. The van der Waals surface area contributed by atoms with Gasteiger partial charge in [0.1, 0.15) is 12.1 Å². The normalized spacial score (nSPS) is 21.1. The van der Waals surface area contributed by atoms with E-state index in [0.717, 1.165) is 31.2 Å². The number of carbonyl (C=O) groups is 3. The molecule has 0 unspecified atom stereocenters. The van der Waals surface area contributed by atoms with E-state index in [2.05, 4.69) is 34.0 Å². The second-order valence-corrected chi connectivity index (χ2v) is 8.56. The van der Waals surface area contributed by atoms with E-state index in [1.807, 2.05) is 19.1 Å². The lowest BCUT2D eigenvalue weighted by Gasteiger charge is -2.31. The van der Waals surface area contributed by atoms with Crippen molar-refractivity contribution >= 4 is 30.1 Å². The van der Waals surface area contributed by atoms with Crippen LogP contribution in [-0.2, 0) is 20.8 Å². The van der Waals surface area contributed by atoms with Crippen LogP contribution in [0.15, 0.2) is 24.3 Å². The van der Waals surface area contributed by atoms with Crippen molar-refractivity contribution in [3.05, 3.63) is 35.4 Å². The first-order valence-electron chi connectivity index (χ1n) is 11.6. The van der Waals surface area contributed by atoms with Crippen LogP contribution in [0, 0.1) is 12.3 Å². The highest BCUT2D eigenvalue weighted by Crippen LogP contribution is 2.30. The van der Waals surface area contributed by atoms with E-state index in [0.29, 0.717) is 19.4 Å². The number of terminal acetylenes is 1. The fourth-order valence-electron chi connectivity index (χ4n) is 4.79. The highest BCUT2D eigenvalue weighted by atomic mass is 35.5. The van der Waals surface area contributed by atoms with Crippen LogP contribution in [0.3, 0.4) is 0 Å². The van der Waals surface area contributed by atoms with Crippen LogP contribution < -0.4 is 16.0 Å². The summed E-state index contributed by atoms with van der Waals surface area (Å²) in [7, 11) is 1.70. The van der Waals surface area contributed by atoms with Crippen LogP contribution in [0.4, 0.5) is 0 Å². The monoisotopic (exact) mass is 474 g/mol. The van der Waals surface area contributed by atoms with Crippen molar-refractivity contribution in [2.75, 3.05) is 13.6 Å². The fourth-order valence-corrected chi connectivity index (χ4v) is 4.79. The number of rotatable bonds is 8. The van der Waals surface area contributed by atoms with Gasteiger partial charge in [-0.15, -0.1) is 24.8 Å². The third kappa shape index (κ3) is 6.27. The number of benzene rings is 1. The standard InChI is InChI=1S/C25H34N4O3.ClH/c1-4-10-21(28-23(30)19(5-2)26-3)25(32)29-16-9-15-22(29)24(31)27-20-14-8-12-17-11-6-7-13-18(17)20;/h1,6-7,11,13,19-22,26H,5,8-10,12,14-16H2,2-3H3,(H,27,31)(H,28,30);1H/t19-,20+,21-,22-;/m0./s1. The number of aryl methyl sites for hydroxylation is 1. The summed E-state index contributed by atoms with van der Waals surface area (Å²) in [6, 6.07) is 6.40. The van der Waals surface area contributed by atoms with Gasteiger partial charge in [-0.25, -0.2) is 0 Å². The van der Waals surface area contributed by atoms with Crippen molar-refractivity contribution < 1.29 is 14.4 Å². The van der Waals surface area contributed by atoms with Crippen molar-refractivity contribution in [2.24, 2.45) is 0 Å². The third-order valence-corrected chi connectivity index (χ3v) is 6.53. The number of hydrogen-bond donors (Lipinski definition) is 3. The van der Waals surface area contributed by atoms with E-state index in [9.17, 15) is 14.4 Å². The Morgan fingerprint density at radius 1 is 1.18 bits per heavy atom. The Morgan fingerprint density at radius 3 is 2.64 bits per heavy atom. The molecule has 0 saturated carbocycles. The maximum atomic E-state index is 13.3. The van der Waals surface area contributed by atoms with Gasteiger partial charge in [-0.05, 0) is 56.7 Å². The van der Waals surface area contributed by atoms with Crippen LogP contribution in [0.25, 0.3) is 0 Å². The minimum atomic E-state index is -0.835. The van der Waals surface area contributed by atoms with Crippen molar-refractivity contribution in [3.8, 4) is 12.3 Å². The first-order valence-corrected chi connectivity index (χ1v) is 11.6. The lowest BCUT2D eigenvalue weighted by Crippen LogP contribution is -2.56. The molecule has 3 N–H and O–H groups in total. The van der Waals surface area contributed by atoms with Crippen molar-refractivity contribution in [1.82, 2.24) is 20.9 Å². The van der Waals surface area contributed by atoms with Crippen molar-refractivity contribution in [1.29, 1.82) is 0 Å². The minimum absolute atomic E-state index is 0. The van der Waals surface area contributed by atoms with Gasteiger partial charge in [-0.3, -0.25) is 14.4 Å². The lowest BCUT2D eigenvalue weighted by atomic mass is 9.87. The molecule has 4 atom stereocenters. The summed E-state index contributed by atoms with van der Waals surface area (Å²) in [6.07, 6.45) is 10.5. The first kappa shape index (κ1) is 26.7. The summed E-state index contributed by atoms with van der Waals surface area (Å²) in [5, 5.41) is 8.90. The van der Waals surface area contributed by atoms with E-state index in [-0.39, 0.29) is 42.6 Å². The number of likely N-dealkylation sites (tertiary alicyclic amines) is 1. The predicted octanol–water partition coefficient (Wildman–Crippen LogP) is 2.10. The molecule has 0 spiro atoms. The van der Waals surface area contributed by atoms with Crippen molar-refractivity contribution in [2.45, 2.75) is 76.0 Å². The largest absolute Gasteiger partial charge is 0.347 e. The molecule has 1 fully saturated rings. The Morgan fingerprint density at radius 2 is 1.94 bits per heavy atom. The van der Waals surface area contributed by atoms with Gasteiger partial charge in [0.05, 0.1) is 12.1 Å². The molecule has 3 rings (SSSR count). The van der Waals surface area contributed by atoms with Gasteiger partial charge < -0.3 is 20.9 Å². The molecule has 1 aliphatic carbocycles. The Balaban J connectivity index is 0.00000385. The highest BCUT2D eigenvalue weighted by molar-refractivity contribution is 5.93. The Hall–Kier alpha value is -2.56. The second kappa shape index (κ2) is 12.6. The van der Waals surface area contributed by atoms with Crippen LogP contribution in [-0.4, -0.2) is 54.3 Å². The Labute approximate surface area is 202 Å². The van der Waals surface area contributed by atoms with Crippen LogP contribution in [0.1, 0.15) is 62.6 Å². The summed E-state index contributed by atoms with van der Waals surface area (Å²) < 4.78 is 0. The van der Waals surface area contributed by atoms with Gasteiger partial charge in [0.2, 0.25) is 17.7 Å². The molecule has 1 aliphatic heterocycles. The summed E-state index contributed by atoms with van der Waals surface area (Å²) in [6.45, 7) is 2.38. The maximum absolute atomic E-state index is 13.3. The third-order valence-electron chi connectivity index (χ3n) is 6.53. The molecule has 2 aliphatic rings. The van der Waals surface area contributed by atoms with Crippen LogP contribution >= 0.6 is 12.4 Å². The Bertz CT molecular complexity index is 881. The highest BCUT2D eigenvalue weighted by Gasteiger charge is 2.38. The molecule has 33 heavy (non-hydrogen) atoms. The van der Waals surface area contributed by atoms with Gasteiger partial charge >= 0.3 is 0 Å². The van der Waals surface area contributed by atoms with Gasteiger partial charge in [0.15, 0.2) is 0 Å². The minimum Gasteiger partial charge on any atom is -0.347 e. The SMILES string of the molecule is C#CC[C@H](NC(=O)[C@H](CC)NC)C(=O)N1CCC[C@H]1C(=O)N[C@@H]1CCCc2ccccc21.Cl. The molecular weight excluding hydrogens is 440 g/mol.